The molecule has 0 spiro atoms. The van der Waals surface area contributed by atoms with Gasteiger partial charge in [-0.2, -0.15) is 5.26 Å². The van der Waals surface area contributed by atoms with E-state index in [-0.39, 0.29) is 29.5 Å². The highest BCUT2D eigenvalue weighted by molar-refractivity contribution is 7.99. The highest BCUT2D eigenvalue weighted by Crippen LogP contribution is 2.37. The number of halogens is 1. The number of amides is 1. The summed E-state index contributed by atoms with van der Waals surface area (Å²) >= 11 is 2.59. The van der Waals surface area contributed by atoms with E-state index in [1.807, 2.05) is 43.3 Å². The van der Waals surface area contributed by atoms with Crippen LogP contribution in [-0.2, 0) is 4.79 Å². The van der Waals surface area contributed by atoms with Gasteiger partial charge in [0, 0.05) is 24.0 Å². The normalized spacial score (nSPS) is 10.9. The summed E-state index contributed by atoms with van der Waals surface area (Å²) in [5, 5.41) is 9.65. The average molecular weight is 493 g/mol. The van der Waals surface area contributed by atoms with Crippen LogP contribution in [0.3, 0.4) is 0 Å². The molecule has 0 aliphatic heterocycles. The van der Waals surface area contributed by atoms with Crippen LogP contribution in [0.2, 0.25) is 0 Å². The summed E-state index contributed by atoms with van der Waals surface area (Å²) in [5.74, 6) is -0.408. The van der Waals surface area contributed by atoms with Crippen LogP contribution in [0.25, 0.3) is 27.0 Å². The predicted molar refractivity (Wildman–Crippen MR) is 134 cm³/mol. The smallest absolute Gasteiger partial charge is 0.268 e. The van der Waals surface area contributed by atoms with Crippen LogP contribution in [0.1, 0.15) is 11.3 Å². The summed E-state index contributed by atoms with van der Waals surface area (Å²) in [7, 11) is 1.65. The van der Waals surface area contributed by atoms with Crippen LogP contribution >= 0.6 is 23.1 Å². The fourth-order valence-electron chi connectivity index (χ4n) is 3.59. The Bertz CT molecular complexity index is 1440. The molecule has 0 aliphatic carbocycles. The van der Waals surface area contributed by atoms with E-state index in [0.717, 1.165) is 16.0 Å². The lowest BCUT2D eigenvalue weighted by molar-refractivity contribution is -0.127. The maximum Gasteiger partial charge on any atom is 0.268 e. The minimum Gasteiger partial charge on any atom is -0.344 e. The minimum atomic E-state index is -0.344. The van der Waals surface area contributed by atoms with Crippen molar-refractivity contribution in [3.63, 3.8) is 0 Å². The van der Waals surface area contributed by atoms with Crippen LogP contribution in [0.5, 0.6) is 0 Å². The van der Waals surface area contributed by atoms with Gasteiger partial charge in [-0.05, 0) is 36.8 Å². The Hall–Kier alpha value is -3.48. The zero-order valence-corrected chi connectivity index (χ0v) is 20.3. The van der Waals surface area contributed by atoms with E-state index in [0.29, 0.717) is 27.6 Å². The monoisotopic (exact) mass is 492 g/mol. The first-order valence-electron chi connectivity index (χ1n) is 10.5. The zero-order valence-electron chi connectivity index (χ0n) is 18.6. The number of fused-ring (bicyclic) bond motifs is 1. The molecule has 0 unspecified atom stereocenters. The molecule has 4 aromatic rings. The van der Waals surface area contributed by atoms with Crippen molar-refractivity contribution in [3.8, 4) is 22.9 Å². The van der Waals surface area contributed by atoms with Crippen LogP contribution < -0.4 is 5.56 Å². The summed E-state index contributed by atoms with van der Waals surface area (Å²) in [4.78, 5) is 34.2. The third kappa shape index (κ3) is 4.74. The number of carbonyl (C=O) groups is 1. The van der Waals surface area contributed by atoms with Crippen molar-refractivity contribution in [2.75, 3.05) is 19.3 Å². The van der Waals surface area contributed by atoms with Crippen molar-refractivity contribution in [2.45, 2.75) is 18.5 Å². The molecule has 2 aromatic heterocycles. The number of rotatable bonds is 7. The molecule has 2 heterocycles. The summed E-state index contributed by atoms with van der Waals surface area (Å²) in [6.45, 7) is 2.26. The SMILES string of the molecule is Cc1sc2nc(SCC(=O)N(C)CCC#N)n(-c3ccccc3)c(=O)c2c1-c1ccc(F)cc1. The number of hydrogen-bond acceptors (Lipinski definition) is 6. The largest absolute Gasteiger partial charge is 0.344 e. The number of carbonyl (C=O) groups excluding carboxylic acids is 1. The van der Waals surface area contributed by atoms with Crippen LogP contribution in [0.15, 0.2) is 64.5 Å². The standard InChI is InChI=1S/C25H21FN4O2S2/c1-16-21(17-9-11-18(26)12-10-17)22-23(34-16)28-25(33-15-20(31)29(2)14-6-13-27)30(24(22)32)19-7-4-3-5-8-19/h3-5,7-12H,6,14-15H2,1-2H3. The molecule has 0 fully saturated rings. The van der Waals surface area contributed by atoms with Gasteiger partial charge in [0.15, 0.2) is 5.16 Å². The van der Waals surface area contributed by atoms with Crippen molar-refractivity contribution < 1.29 is 9.18 Å². The summed E-state index contributed by atoms with van der Waals surface area (Å²) in [6, 6.07) is 17.3. The second-order valence-corrected chi connectivity index (χ2v) is 9.75. The Labute approximate surface area is 204 Å². The van der Waals surface area contributed by atoms with Crippen molar-refractivity contribution in [2.24, 2.45) is 0 Å². The van der Waals surface area contributed by atoms with Gasteiger partial charge in [-0.25, -0.2) is 9.37 Å². The lowest BCUT2D eigenvalue weighted by Crippen LogP contribution is -2.29. The lowest BCUT2D eigenvalue weighted by Gasteiger charge is -2.16. The Morgan fingerprint density at radius 1 is 1.21 bits per heavy atom. The lowest BCUT2D eigenvalue weighted by atomic mass is 10.0. The number of nitrogens with zero attached hydrogens (tertiary/aromatic N) is 4. The number of hydrogen-bond donors (Lipinski definition) is 0. The molecular weight excluding hydrogens is 471 g/mol. The number of aromatic nitrogens is 2. The molecule has 6 nitrogen and oxygen atoms in total. The molecule has 0 N–H and O–H groups in total. The fourth-order valence-corrected chi connectivity index (χ4v) is 5.63. The summed E-state index contributed by atoms with van der Waals surface area (Å²) in [5.41, 5.74) is 1.89. The maximum atomic E-state index is 13.9. The number of aryl methyl sites for hydroxylation is 1. The van der Waals surface area contributed by atoms with Gasteiger partial charge in [0.2, 0.25) is 5.91 Å². The van der Waals surface area contributed by atoms with E-state index in [4.69, 9.17) is 10.2 Å². The topological polar surface area (TPSA) is 79.0 Å². The molecular formula is C25H21FN4O2S2. The molecule has 0 aliphatic rings. The van der Waals surface area contributed by atoms with Gasteiger partial charge >= 0.3 is 0 Å². The predicted octanol–water partition coefficient (Wildman–Crippen LogP) is 5.03. The highest BCUT2D eigenvalue weighted by atomic mass is 32.2. The highest BCUT2D eigenvalue weighted by Gasteiger charge is 2.22. The average Bonchev–Trinajstić information content (AvgIpc) is 3.18. The summed E-state index contributed by atoms with van der Waals surface area (Å²) in [6.07, 6.45) is 0.256. The number of para-hydroxylation sites is 1. The van der Waals surface area contributed by atoms with Gasteiger partial charge in [0.05, 0.1) is 29.3 Å². The fraction of sp³-hybridized carbons (Fsp3) is 0.200. The second kappa shape index (κ2) is 10.2. The molecule has 0 saturated heterocycles. The maximum absolute atomic E-state index is 13.9. The first-order chi connectivity index (χ1) is 16.4. The molecule has 0 radical (unpaired) electrons. The molecule has 0 saturated carbocycles. The third-order valence-corrected chi connectivity index (χ3v) is 7.25. The van der Waals surface area contributed by atoms with Crippen molar-refractivity contribution in [1.29, 1.82) is 5.26 Å². The molecule has 0 atom stereocenters. The molecule has 0 bridgehead atoms. The Kier molecular flexibility index (Phi) is 7.10. The molecule has 172 valence electrons. The van der Waals surface area contributed by atoms with E-state index in [2.05, 4.69) is 0 Å². The van der Waals surface area contributed by atoms with Crippen LogP contribution in [-0.4, -0.2) is 39.7 Å². The van der Waals surface area contributed by atoms with E-state index in [1.165, 1.54) is 44.7 Å². The van der Waals surface area contributed by atoms with Crippen LogP contribution in [0, 0.1) is 24.1 Å². The Balaban J connectivity index is 1.83. The van der Waals surface area contributed by atoms with Crippen molar-refractivity contribution in [3.05, 3.63) is 75.6 Å². The minimum absolute atomic E-state index is 0.0852. The molecule has 34 heavy (non-hydrogen) atoms. The molecule has 9 heteroatoms. The Morgan fingerprint density at radius 2 is 1.91 bits per heavy atom. The number of thioether (sulfide) groups is 1. The van der Waals surface area contributed by atoms with Crippen LogP contribution in [0.4, 0.5) is 4.39 Å². The molecule has 4 rings (SSSR count). The van der Waals surface area contributed by atoms with E-state index >= 15 is 0 Å². The van der Waals surface area contributed by atoms with Gasteiger partial charge in [-0.1, -0.05) is 42.1 Å². The Morgan fingerprint density at radius 3 is 2.59 bits per heavy atom. The van der Waals surface area contributed by atoms with Gasteiger partial charge in [0.25, 0.3) is 5.56 Å². The van der Waals surface area contributed by atoms with Gasteiger partial charge < -0.3 is 4.90 Å². The van der Waals surface area contributed by atoms with E-state index in [1.54, 1.807) is 19.2 Å². The van der Waals surface area contributed by atoms with E-state index in [9.17, 15) is 14.0 Å². The molecule has 1 amide bonds. The second-order valence-electron chi connectivity index (χ2n) is 7.60. The van der Waals surface area contributed by atoms with E-state index < -0.39 is 0 Å². The first-order valence-corrected chi connectivity index (χ1v) is 12.3. The summed E-state index contributed by atoms with van der Waals surface area (Å²) < 4.78 is 15.0. The zero-order chi connectivity index (χ0) is 24.2. The molecule has 2 aromatic carbocycles. The van der Waals surface area contributed by atoms with Crippen molar-refractivity contribution >= 4 is 39.2 Å². The number of thiophene rings is 1. The van der Waals surface area contributed by atoms with Gasteiger partial charge in [0.1, 0.15) is 10.6 Å². The quantitative estimate of drug-likeness (QED) is 0.267. The third-order valence-electron chi connectivity index (χ3n) is 5.33. The first kappa shape index (κ1) is 23.7. The van der Waals surface area contributed by atoms with Crippen molar-refractivity contribution in [1.82, 2.24) is 14.5 Å². The van der Waals surface area contributed by atoms with Gasteiger partial charge in [-0.3, -0.25) is 14.2 Å². The number of benzene rings is 2. The number of nitriles is 1. The van der Waals surface area contributed by atoms with Gasteiger partial charge in [-0.15, -0.1) is 11.3 Å².